The van der Waals surface area contributed by atoms with Gasteiger partial charge in [-0.15, -0.1) is 0 Å². The molecule has 0 fully saturated rings. The monoisotopic (exact) mass is 149 g/mol. The molecule has 0 aromatic rings. The van der Waals surface area contributed by atoms with Crippen LogP contribution in [-0.4, -0.2) is 6.54 Å². The van der Waals surface area contributed by atoms with Gasteiger partial charge in [0.05, 0.1) is 0 Å². The molecule has 1 heteroatoms. The lowest BCUT2D eigenvalue weighted by Gasteiger charge is -1.96. The van der Waals surface area contributed by atoms with Crippen LogP contribution in [-0.2, 0) is 0 Å². The molecule has 0 unspecified atom stereocenters. The average Bonchev–Trinajstić information content (AvgIpc) is 2.47. The van der Waals surface area contributed by atoms with Gasteiger partial charge in [0.15, 0.2) is 0 Å². The van der Waals surface area contributed by atoms with Crippen molar-refractivity contribution in [3.8, 4) is 0 Å². The van der Waals surface area contributed by atoms with Crippen LogP contribution in [0.15, 0.2) is 36.1 Å². The summed E-state index contributed by atoms with van der Waals surface area (Å²) in [4.78, 5) is 0. The summed E-state index contributed by atoms with van der Waals surface area (Å²) >= 11 is 0. The molecule has 0 bridgehead atoms. The maximum Gasteiger partial charge on any atom is 0.0370 e. The lowest BCUT2D eigenvalue weighted by Crippen LogP contribution is -2.04. The van der Waals surface area contributed by atoms with Crippen LogP contribution in [0.1, 0.15) is 19.8 Å². The normalized spacial score (nSPS) is 17.5. The van der Waals surface area contributed by atoms with Crippen molar-refractivity contribution < 1.29 is 0 Å². The fraction of sp³-hybridized carbons (Fsp3) is 0.400. The fourth-order valence-corrected chi connectivity index (χ4v) is 1.19. The lowest BCUT2D eigenvalue weighted by atomic mass is 10.2. The minimum Gasteiger partial charge on any atom is -0.384 e. The molecule has 0 radical (unpaired) electrons. The summed E-state index contributed by atoms with van der Waals surface area (Å²) in [6, 6.07) is 0. The summed E-state index contributed by atoms with van der Waals surface area (Å²) in [6.45, 7) is 6.97. The molecular weight excluding hydrogens is 134 g/mol. The number of hydrogen-bond acceptors (Lipinski definition) is 1. The van der Waals surface area contributed by atoms with Gasteiger partial charge in [-0.1, -0.05) is 25.7 Å². The van der Waals surface area contributed by atoms with Gasteiger partial charge in [0.1, 0.15) is 0 Å². The molecule has 1 nitrogen and oxygen atoms in total. The first-order valence-corrected chi connectivity index (χ1v) is 4.14. The van der Waals surface area contributed by atoms with Crippen LogP contribution < -0.4 is 5.32 Å². The topological polar surface area (TPSA) is 12.0 Å². The fourth-order valence-electron chi connectivity index (χ4n) is 1.19. The lowest BCUT2D eigenvalue weighted by molar-refractivity contribution is 0.888. The number of rotatable bonds is 3. The van der Waals surface area contributed by atoms with Crippen LogP contribution in [0.2, 0.25) is 0 Å². The molecule has 0 amide bonds. The average molecular weight is 149 g/mol. The van der Waals surface area contributed by atoms with Gasteiger partial charge < -0.3 is 5.32 Å². The molecule has 0 saturated heterocycles. The summed E-state index contributed by atoms with van der Waals surface area (Å²) in [5.74, 6) is 0. The van der Waals surface area contributed by atoms with Crippen molar-refractivity contribution in [1.82, 2.24) is 5.32 Å². The van der Waals surface area contributed by atoms with E-state index in [-0.39, 0.29) is 0 Å². The first kappa shape index (κ1) is 8.12. The Morgan fingerprint density at radius 2 is 2.45 bits per heavy atom. The van der Waals surface area contributed by atoms with Crippen molar-refractivity contribution in [1.29, 1.82) is 0 Å². The van der Waals surface area contributed by atoms with E-state index in [1.165, 1.54) is 11.3 Å². The molecule has 0 aromatic carbocycles. The van der Waals surface area contributed by atoms with Gasteiger partial charge in [-0.3, -0.25) is 0 Å². The highest BCUT2D eigenvalue weighted by molar-refractivity contribution is 5.34. The highest BCUT2D eigenvalue weighted by Crippen LogP contribution is 2.14. The smallest absolute Gasteiger partial charge is 0.0370 e. The van der Waals surface area contributed by atoms with Gasteiger partial charge in [-0.2, -0.15) is 0 Å². The van der Waals surface area contributed by atoms with Crippen molar-refractivity contribution >= 4 is 0 Å². The largest absolute Gasteiger partial charge is 0.384 e. The molecule has 0 saturated carbocycles. The summed E-state index contributed by atoms with van der Waals surface area (Å²) in [5.41, 5.74) is 2.59. The highest BCUT2D eigenvalue weighted by Gasteiger charge is 2.06. The van der Waals surface area contributed by atoms with Crippen LogP contribution in [0, 0.1) is 0 Å². The molecular formula is C10H15N. The Morgan fingerprint density at radius 1 is 1.64 bits per heavy atom. The molecule has 0 aliphatic carbocycles. The summed E-state index contributed by atoms with van der Waals surface area (Å²) < 4.78 is 0. The van der Waals surface area contributed by atoms with Gasteiger partial charge in [-0.25, -0.2) is 0 Å². The van der Waals surface area contributed by atoms with E-state index in [0.717, 1.165) is 19.4 Å². The molecule has 11 heavy (non-hydrogen) atoms. The van der Waals surface area contributed by atoms with Crippen LogP contribution in [0.5, 0.6) is 0 Å². The van der Waals surface area contributed by atoms with Crippen molar-refractivity contribution in [3.05, 3.63) is 36.1 Å². The van der Waals surface area contributed by atoms with E-state index in [1.807, 2.05) is 6.08 Å². The maximum absolute atomic E-state index is 3.77. The van der Waals surface area contributed by atoms with Gasteiger partial charge in [0, 0.05) is 12.2 Å². The van der Waals surface area contributed by atoms with E-state index in [4.69, 9.17) is 0 Å². The third-order valence-corrected chi connectivity index (χ3v) is 1.82. The summed E-state index contributed by atoms with van der Waals surface area (Å²) in [5, 5.41) is 3.31. The summed E-state index contributed by atoms with van der Waals surface area (Å²) in [6.07, 6.45) is 8.46. The highest BCUT2D eigenvalue weighted by atomic mass is 14.9. The van der Waals surface area contributed by atoms with E-state index < -0.39 is 0 Å². The van der Waals surface area contributed by atoms with Crippen LogP contribution >= 0.6 is 0 Å². The summed E-state index contributed by atoms with van der Waals surface area (Å²) in [7, 11) is 0. The van der Waals surface area contributed by atoms with E-state index in [9.17, 15) is 0 Å². The first-order valence-electron chi connectivity index (χ1n) is 4.14. The Hall–Kier alpha value is -0.980. The SMILES string of the molecule is C=CC1=C(/C=C\CC)NCC1. The van der Waals surface area contributed by atoms with E-state index in [2.05, 4.69) is 31.0 Å². The third kappa shape index (κ3) is 1.97. The van der Waals surface area contributed by atoms with E-state index in [1.54, 1.807) is 0 Å². The number of allylic oxidation sites excluding steroid dienone is 3. The van der Waals surface area contributed by atoms with Crippen molar-refractivity contribution in [2.24, 2.45) is 0 Å². The van der Waals surface area contributed by atoms with Crippen molar-refractivity contribution in [2.45, 2.75) is 19.8 Å². The van der Waals surface area contributed by atoms with Crippen molar-refractivity contribution in [2.75, 3.05) is 6.54 Å². The van der Waals surface area contributed by atoms with E-state index >= 15 is 0 Å². The van der Waals surface area contributed by atoms with Gasteiger partial charge in [0.2, 0.25) is 0 Å². The maximum atomic E-state index is 3.77. The molecule has 1 heterocycles. The Bertz CT molecular complexity index is 199. The molecule has 1 rings (SSSR count). The van der Waals surface area contributed by atoms with Gasteiger partial charge in [-0.05, 0) is 24.5 Å². The van der Waals surface area contributed by atoms with Gasteiger partial charge in [0.25, 0.3) is 0 Å². The van der Waals surface area contributed by atoms with E-state index in [0.29, 0.717) is 0 Å². The molecule has 0 aromatic heterocycles. The predicted octanol–water partition coefficient (Wildman–Crippen LogP) is 2.39. The molecule has 1 aliphatic rings. The second-order valence-corrected chi connectivity index (χ2v) is 2.63. The van der Waals surface area contributed by atoms with Crippen LogP contribution in [0.4, 0.5) is 0 Å². The zero-order valence-electron chi connectivity index (χ0n) is 7.06. The molecule has 0 atom stereocenters. The Morgan fingerprint density at radius 3 is 3.09 bits per heavy atom. The Balaban J connectivity index is 2.66. The Kier molecular flexibility index (Phi) is 2.96. The van der Waals surface area contributed by atoms with Gasteiger partial charge >= 0.3 is 0 Å². The predicted molar refractivity (Wildman–Crippen MR) is 49.3 cm³/mol. The van der Waals surface area contributed by atoms with Crippen molar-refractivity contribution in [3.63, 3.8) is 0 Å². The van der Waals surface area contributed by atoms with Crippen LogP contribution in [0.25, 0.3) is 0 Å². The second kappa shape index (κ2) is 4.02. The quantitative estimate of drug-likeness (QED) is 0.649. The first-order chi connectivity index (χ1) is 5.38. The molecule has 1 aliphatic heterocycles. The zero-order chi connectivity index (χ0) is 8.10. The molecule has 0 spiro atoms. The number of nitrogens with one attached hydrogen (secondary N) is 1. The zero-order valence-corrected chi connectivity index (χ0v) is 7.06. The standard InChI is InChI=1S/C10H15N/c1-3-5-6-10-9(4-2)7-8-11-10/h4-6,11H,2-3,7-8H2,1H3/b6-5-. The number of hydrogen-bond donors (Lipinski definition) is 1. The molecule has 60 valence electrons. The third-order valence-electron chi connectivity index (χ3n) is 1.82. The minimum atomic E-state index is 1.06. The Labute approximate surface area is 68.5 Å². The second-order valence-electron chi connectivity index (χ2n) is 2.63. The van der Waals surface area contributed by atoms with Crippen LogP contribution in [0.3, 0.4) is 0 Å². The molecule has 1 N–H and O–H groups in total. The minimum absolute atomic E-state index is 1.06.